The molecule has 0 aromatic rings. The van der Waals surface area contributed by atoms with Crippen LogP contribution in [0.1, 0.15) is 26.2 Å². The molecule has 0 aromatic carbocycles. The van der Waals surface area contributed by atoms with Crippen LogP contribution in [-0.2, 0) is 9.59 Å². The summed E-state index contributed by atoms with van der Waals surface area (Å²) in [4.78, 5) is 21.3. The third kappa shape index (κ3) is 1.99. The summed E-state index contributed by atoms with van der Waals surface area (Å²) >= 11 is 0. The fraction of sp³-hybridized carbons (Fsp3) is 0.778. The number of carboxylic acid groups (broad SMARTS) is 2. The van der Waals surface area contributed by atoms with Crippen molar-refractivity contribution in [2.24, 2.45) is 17.8 Å². The van der Waals surface area contributed by atoms with Gasteiger partial charge in [-0.2, -0.15) is 0 Å². The molecule has 0 aliphatic heterocycles. The summed E-state index contributed by atoms with van der Waals surface area (Å²) in [5.41, 5.74) is 0. The summed E-state index contributed by atoms with van der Waals surface area (Å²) in [6, 6.07) is 0. The summed E-state index contributed by atoms with van der Waals surface area (Å²) in [7, 11) is 0. The van der Waals surface area contributed by atoms with E-state index in [1.807, 2.05) is 0 Å². The molecule has 13 heavy (non-hydrogen) atoms. The highest BCUT2D eigenvalue weighted by atomic mass is 16.4. The minimum absolute atomic E-state index is 0.123. The average Bonchev–Trinajstić information content (AvgIpc) is 2.02. The lowest BCUT2D eigenvalue weighted by Crippen LogP contribution is -2.48. The lowest BCUT2D eigenvalue weighted by molar-refractivity contribution is -0.330. The maximum atomic E-state index is 10.7. The van der Waals surface area contributed by atoms with Crippen molar-refractivity contribution in [2.75, 3.05) is 0 Å². The molecule has 0 radical (unpaired) electrons. The van der Waals surface area contributed by atoms with E-state index >= 15 is 0 Å². The number of carboxylic acids is 2. The lowest BCUT2D eigenvalue weighted by atomic mass is 9.73. The highest BCUT2D eigenvalue weighted by Crippen LogP contribution is 2.33. The molecule has 4 nitrogen and oxygen atoms in total. The molecule has 0 saturated heterocycles. The second-order valence-electron chi connectivity index (χ2n) is 3.68. The van der Waals surface area contributed by atoms with Gasteiger partial charge in [0.15, 0.2) is 0 Å². The molecule has 0 bridgehead atoms. The Bertz CT molecular complexity index is 224. The van der Waals surface area contributed by atoms with Gasteiger partial charge in [-0.3, -0.25) is 0 Å². The predicted molar refractivity (Wildman–Crippen MR) is 40.0 cm³/mol. The van der Waals surface area contributed by atoms with Gasteiger partial charge in [-0.25, -0.2) is 0 Å². The Morgan fingerprint density at radius 2 is 1.77 bits per heavy atom. The van der Waals surface area contributed by atoms with Crippen molar-refractivity contribution in [3.63, 3.8) is 0 Å². The van der Waals surface area contributed by atoms with E-state index in [-0.39, 0.29) is 5.92 Å². The van der Waals surface area contributed by atoms with Gasteiger partial charge in [-0.05, 0) is 12.3 Å². The molecule has 0 N–H and O–H groups in total. The number of hydrogen-bond donors (Lipinski definition) is 0. The number of aliphatic carboxylic acids is 2. The molecule has 1 saturated carbocycles. The third-order valence-electron chi connectivity index (χ3n) is 2.80. The largest absolute Gasteiger partial charge is 0.550 e. The third-order valence-corrected chi connectivity index (χ3v) is 2.80. The molecule has 4 heteroatoms. The second kappa shape index (κ2) is 3.77. The smallest absolute Gasteiger partial charge is 0.0454 e. The highest BCUT2D eigenvalue weighted by Gasteiger charge is 2.32. The molecule has 1 aliphatic carbocycles. The first-order valence-electron chi connectivity index (χ1n) is 4.45. The van der Waals surface area contributed by atoms with Crippen molar-refractivity contribution in [1.29, 1.82) is 0 Å². The monoisotopic (exact) mass is 184 g/mol. The van der Waals surface area contributed by atoms with Crippen molar-refractivity contribution in [3.8, 4) is 0 Å². The zero-order chi connectivity index (χ0) is 10.0. The van der Waals surface area contributed by atoms with Crippen LogP contribution in [0.5, 0.6) is 0 Å². The summed E-state index contributed by atoms with van der Waals surface area (Å²) < 4.78 is 0. The van der Waals surface area contributed by atoms with E-state index in [0.717, 1.165) is 12.8 Å². The maximum absolute atomic E-state index is 10.7. The molecule has 1 aliphatic rings. The molecular formula is C9H12O4-2. The minimum atomic E-state index is -1.26. The second-order valence-corrected chi connectivity index (χ2v) is 3.68. The van der Waals surface area contributed by atoms with E-state index in [4.69, 9.17) is 0 Å². The van der Waals surface area contributed by atoms with Crippen LogP contribution in [0.15, 0.2) is 0 Å². The van der Waals surface area contributed by atoms with Crippen molar-refractivity contribution < 1.29 is 19.8 Å². The molecule has 0 heterocycles. The maximum Gasteiger partial charge on any atom is 0.0454 e. The van der Waals surface area contributed by atoms with Gasteiger partial charge >= 0.3 is 0 Å². The zero-order valence-electron chi connectivity index (χ0n) is 7.49. The molecule has 3 unspecified atom stereocenters. The van der Waals surface area contributed by atoms with Gasteiger partial charge in [0, 0.05) is 23.8 Å². The Labute approximate surface area is 76.6 Å². The van der Waals surface area contributed by atoms with E-state index in [1.165, 1.54) is 0 Å². The van der Waals surface area contributed by atoms with Gasteiger partial charge in [0.25, 0.3) is 0 Å². The van der Waals surface area contributed by atoms with Crippen LogP contribution >= 0.6 is 0 Å². The van der Waals surface area contributed by atoms with Gasteiger partial charge in [-0.1, -0.05) is 19.8 Å². The van der Waals surface area contributed by atoms with E-state index in [0.29, 0.717) is 6.42 Å². The molecule has 0 aromatic heterocycles. The van der Waals surface area contributed by atoms with Gasteiger partial charge < -0.3 is 19.8 Å². The number of carbonyl (C=O) groups excluding carboxylic acids is 2. The Kier molecular flexibility index (Phi) is 2.90. The van der Waals surface area contributed by atoms with Crippen LogP contribution in [-0.4, -0.2) is 11.9 Å². The molecule has 1 fully saturated rings. The Morgan fingerprint density at radius 3 is 2.15 bits per heavy atom. The first-order valence-corrected chi connectivity index (χ1v) is 4.45. The SMILES string of the molecule is CC1CCCC(C(=O)[O-])C1C(=O)[O-]. The standard InChI is InChI=1S/C9H14O4/c1-5-3-2-4-6(8(10)11)7(5)9(12)13/h5-7H,2-4H2,1H3,(H,10,11)(H,12,13)/p-2. The van der Waals surface area contributed by atoms with Crippen molar-refractivity contribution in [2.45, 2.75) is 26.2 Å². The van der Waals surface area contributed by atoms with Crippen LogP contribution in [0.25, 0.3) is 0 Å². The van der Waals surface area contributed by atoms with Crippen LogP contribution in [0.2, 0.25) is 0 Å². The molecular weight excluding hydrogens is 172 g/mol. The zero-order valence-corrected chi connectivity index (χ0v) is 7.49. The minimum Gasteiger partial charge on any atom is -0.550 e. The molecule has 3 atom stereocenters. The Morgan fingerprint density at radius 1 is 1.15 bits per heavy atom. The summed E-state index contributed by atoms with van der Waals surface area (Å²) in [5.74, 6) is -4.39. The van der Waals surface area contributed by atoms with Crippen LogP contribution in [0.4, 0.5) is 0 Å². The van der Waals surface area contributed by atoms with Gasteiger partial charge in [0.05, 0.1) is 0 Å². The molecule has 1 rings (SSSR count). The van der Waals surface area contributed by atoms with Crippen molar-refractivity contribution >= 4 is 11.9 Å². The Balaban J connectivity index is 2.80. The number of hydrogen-bond acceptors (Lipinski definition) is 4. The fourth-order valence-electron chi connectivity index (χ4n) is 2.08. The van der Waals surface area contributed by atoms with Crippen LogP contribution < -0.4 is 10.2 Å². The Hall–Kier alpha value is -1.06. The highest BCUT2D eigenvalue weighted by molar-refractivity contribution is 5.78. The van der Waals surface area contributed by atoms with Crippen LogP contribution in [0.3, 0.4) is 0 Å². The van der Waals surface area contributed by atoms with Gasteiger partial charge in [-0.15, -0.1) is 0 Å². The normalized spacial score (nSPS) is 34.1. The van der Waals surface area contributed by atoms with Crippen LogP contribution in [0, 0.1) is 17.8 Å². The number of rotatable bonds is 2. The van der Waals surface area contributed by atoms with Crippen molar-refractivity contribution in [1.82, 2.24) is 0 Å². The topological polar surface area (TPSA) is 80.3 Å². The number of carbonyl (C=O) groups is 2. The van der Waals surface area contributed by atoms with E-state index < -0.39 is 23.8 Å². The first-order chi connectivity index (χ1) is 6.04. The lowest BCUT2D eigenvalue weighted by Gasteiger charge is -2.37. The molecule has 0 spiro atoms. The quantitative estimate of drug-likeness (QED) is 0.525. The predicted octanol–water partition coefficient (Wildman–Crippen LogP) is -1.46. The van der Waals surface area contributed by atoms with E-state index in [9.17, 15) is 19.8 Å². The molecule has 0 amide bonds. The summed E-state index contributed by atoms with van der Waals surface area (Å²) in [5, 5.41) is 21.3. The summed E-state index contributed by atoms with van der Waals surface area (Å²) in [6.45, 7) is 1.75. The van der Waals surface area contributed by atoms with Gasteiger partial charge in [0.1, 0.15) is 0 Å². The summed E-state index contributed by atoms with van der Waals surface area (Å²) in [6.07, 6.45) is 1.90. The van der Waals surface area contributed by atoms with E-state index in [2.05, 4.69) is 0 Å². The van der Waals surface area contributed by atoms with Gasteiger partial charge in [0.2, 0.25) is 0 Å². The molecule has 74 valence electrons. The average molecular weight is 184 g/mol. The first kappa shape index (κ1) is 10.0. The fourth-order valence-corrected chi connectivity index (χ4v) is 2.08. The van der Waals surface area contributed by atoms with E-state index in [1.54, 1.807) is 6.92 Å². The van der Waals surface area contributed by atoms with Crippen molar-refractivity contribution in [3.05, 3.63) is 0 Å².